The fourth-order valence-electron chi connectivity index (χ4n) is 4.32. The molecule has 1 aromatic carbocycles. The van der Waals surface area contributed by atoms with Crippen LogP contribution in [-0.4, -0.2) is 57.4 Å². The fraction of sp³-hybridized carbons (Fsp3) is 0.407. The molecule has 1 aliphatic heterocycles. The minimum atomic E-state index is -0.696. The predicted molar refractivity (Wildman–Crippen MR) is 144 cm³/mol. The first kappa shape index (κ1) is 26.4. The number of pyridine rings is 1. The van der Waals surface area contributed by atoms with Crippen LogP contribution in [0.5, 0.6) is 0 Å². The van der Waals surface area contributed by atoms with Crippen molar-refractivity contribution in [1.29, 1.82) is 0 Å². The molecule has 1 fully saturated rings. The molecule has 0 aliphatic carbocycles. The number of fused-ring (bicyclic) bond motifs is 1. The first-order valence-electron chi connectivity index (χ1n) is 12.3. The first-order chi connectivity index (χ1) is 17.6. The molecule has 3 aromatic rings. The molecule has 0 bridgehead atoms. The summed E-state index contributed by atoms with van der Waals surface area (Å²) in [6.07, 6.45) is 2.39. The van der Waals surface area contributed by atoms with Gasteiger partial charge in [-0.1, -0.05) is 30.3 Å². The molecule has 0 spiro atoms. The first-order valence-corrected chi connectivity index (χ1v) is 13.1. The number of anilines is 1. The Morgan fingerprint density at radius 3 is 2.68 bits per heavy atom. The van der Waals surface area contributed by atoms with E-state index in [0.29, 0.717) is 25.3 Å². The van der Waals surface area contributed by atoms with Crippen molar-refractivity contribution in [2.24, 2.45) is 0 Å². The zero-order valence-corrected chi connectivity index (χ0v) is 22.2. The number of nitrogens with zero attached hydrogens (tertiary/aromatic N) is 3. The second kappa shape index (κ2) is 11.2. The molecule has 196 valence electrons. The molecule has 2 aromatic heterocycles. The van der Waals surface area contributed by atoms with E-state index in [1.807, 2.05) is 42.5 Å². The number of carbonyl (C=O) groups excluding carboxylic acids is 3. The SMILES string of the molecule is CC(C)(C)OC(=O)N(CC(=O)N1CCC[C@H]1C(=O)NCc1cc2c(N)nccc2s1)Cc1ccccc1. The maximum atomic E-state index is 13.3. The number of rotatable bonds is 7. The van der Waals surface area contributed by atoms with Crippen LogP contribution >= 0.6 is 11.3 Å². The number of nitrogens with two attached hydrogens (primary N) is 1. The number of thiophene rings is 1. The van der Waals surface area contributed by atoms with Crippen LogP contribution in [0.4, 0.5) is 10.6 Å². The standard InChI is InChI=1S/C27H33N5O4S/c1-27(2,3)36-26(35)31(16-18-8-5-4-6-9-18)17-23(33)32-13-7-10-21(32)25(34)30-15-19-14-20-22(37-19)11-12-29-24(20)28/h4-6,8-9,11-12,14,21H,7,10,13,15-17H2,1-3H3,(H2,28,29)(H,30,34)/t21-/m0/s1. The number of nitrogens with one attached hydrogen (secondary N) is 1. The zero-order valence-electron chi connectivity index (χ0n) is 21.4. The van der Waals surface area contributed by atoms with Crippen LogP contribution in [0.1, 0.15) is 44.1 Å². The van der Waals surface area contributed by atoms with Crippen molar-refractivity contribution in [2.75, 3.05) is 18.8 Å². The van der Waals surface area contributed by atoms with Crippen LogP contribution < -0.4 is 11.1 Å². The fourth-order valence-corrected chi connectivity index (χ4v) is 5.33. The van der Waals surface area contributed by atoms with Gasteiger partial charge in [0.1, 0.15) is 24.0 Å². The third kappa shape index (κ3) is 6.76. The van der Waals surface area contributed by atoms with Gasteiger partial charge in [-0.2, -0.15) is 0 Å². The lowest BCUT2D eigenvalue weighted by Crippen LogP contribution is -2.50. The lowest BCUT2D eigenvalue weighted by atomic mass is 10.2. The molecular formula is C27H33N5O4S. The number of aromatic nitrogens is 1. The van der Waals surface area contributed by atoms with E-state index < -0.39 is 17.7 Å². The van der Waals surface area contributed by atoms with Gasteiger partial charge in [0.05, 0.1) is 6.54 Å². The number of amides is 3. The highest BCUT2D eigenvalue weighted by Gasteiger charge is 2.35. The number of benzene rings is 1. The Hall–Kier alpha value is -3.66. The quantitative estimate of drug-likeness (QED) is 0.485. The maximum absolute atomic E-state index is 13.3. The van der Waals surface area contributed by atoms with E-state index in [1.165, 1.54) is 4.90 Å². The third-order valence-electron chi connectivity index (χ3n) is 6.03. The number of hydrogen-bond donors (Lipinski definition) is 2. The highest BCUT2D eigenvalue weighted by Crippen LogP contribution is 2.28. The average Bonchev–Trinajstić information content (AvgIpc) is 3.50. The summed E-state index contributed by atoms with van der Waals surface area (Å²) in [5, 5.41) is 3.83. The van der Waals surface area contributed by atoms with E-state index in [4.69, 9.17) is 10.5 Å². The number of hydrogen-bond acceptors (Lipinski definition) is 7. The predicted octanol–water partition coefficient (Wildman–Crippen LogP) is 3.92. The van der Waals surface area contributed by atoms with Crippen molar-refractivity contribution in [2.45, 2.75) is 58.3 Å². The Labute approximate surface area is 220 Å². The van der Waals surface area contributed by atoms with Gasteiger partial charge in [0.25, 0.3) is 0 Å². The molecule has 3 N–H and O–H groups in total. The molecule has 1 aliphatic rings. The van der Waals surface area contributed by atoms with Gasteiger partial charge in [0.15, 0.2) is 0 Å². The molecule has 0 radical (unpaired) electrons. The van der Waals surface area contributed by atoms with Gasteiger partial charge in [-0.25, -0.2) is 9.78 Å². The van der Waals surface area contributed by atoms with Crippen LogP contribution in [0.15, 0.2) is 48.7 Å². The molecule has 3 amide bonds. The van der Waals surface area contributed by atoms with Crippen molar-refractivity contribution in [1.82, 2.24) is 20.1 Å². The van der Waals surface area contributed by atoms with E-state index in [9.17, 15) is 14.4 Å². The number of likely N-dealkylation sites (tertiary alicyclic amines) is 1. The summed E-state index contributed by atoms with van der Waals surface area (Å²) in [5.74, 6) is -0.0228. The Bertz CT molecular complexity index is 1270. The van der Waals surface area contributed by atoms with Crippen molar-refractivity contribution >= 4 is 45.1 Å². The van der Waals surface area contributed by atoms with Crippen LogP contribution in [0.25, 0.3) is 10.1 Å². The summed E-state index contributed by atoms with van der Waals surface area (Å²) in [6.45, 7) is 6.23. The summed E-state index contributed by atoms with van der Waals surface area (Å²) in [5.41, 5.74) is 6.14. The third-order valence-corrected chi connectivity index (χ3v) is 7.13. The van der Waals surface area contributed by atoms with E-state index in [0.717, 1.165) is 26.9 Å². The van der Waals surface area contributed by atoms with Crippen LogP contribution in [-0.2, 0) is 27.4 Å². The Morgan fingerprint density at radius 1 is 1.22 bits per heavy atom. The second-order valence-electron chi connectivity index (χ2n) is 10.1. The second-order valence-corrected chi connectivity index (χ2v) is 11.3. The van der Waals surface area contributed by atoms with E-state index in [2.05, 4.69) is 10.3 Å². The normalized spacial score (nSPS) is 15.5. The van der Waals surface area contributed by atoms with Crippen LogP contribution in [0.2, 0.25) is 0 Å². The summed E-state index contributed by atoms with van der Waals surface area (Å²) >= 11 is 1.55. The molecule has 37 heavy (non-hydrogen) atoms. The van der Waals surface area contributed by atoms with E-state index in [-0.39, 0.29) is 24.9 Å². The number of carbonyl (C=O) groups is 3. The lowest BCUT2D eigenvalue weighted by Gasteiger charge is -2.30. The molecule has 4 rings (SSSR count). The average molecular weight is 524 g/mol. The molecule has 1 atom stereocenters. The van der Waals surface area contributed by atoms with Gasteiger partial charge in [0.2, 0.25) is 11.8 Å². The summed E-state index contributed by atoms with van der Waals surface area (Å²) in [6, 6.07) is 12.7. The largest absolute Gasteiger partial charge is 0.444 e. The molecular weight excluding hydrogens is 490 g/mol. The number of nitrogen functional groups attached to an aromatic ring is 1. The zero-order chi connectivity index (χ0) is 26.6. The topological polar surface area (TPSA) is 118 Å². The van der Waals surface area contributed by atoms with Gasteiger partial charge in [-0.05, 0) is 51.3 Å². The maximum Gasteiger partial charge on any atom is 0.411 e. The van der Waals surface area contributed by atoms with Crippen molar-refractivity contribution in [3.8, 4) is 0 Å². The smallest absolute Gasteiger partial charge is 0.411 e. The van der Waals surface area contributed by atoms with Gasteiger partial charge in [-0.3, -0.25) is 14.5 Å². The minimum absolute atomic E-state index is 0.170. The highest BCUT2D eigenvalue weighted by molar-refractivity contribution is 7.19. The monoisotopic (exact) mass is 523 g/mol. The number of ether oxygens (including phenoxy) is 1. The molecule has 0 unspecified atom stereocenters. The lowest BCUT2D eigenvalue weighted by molar-refractivity contribution is -0.139. The highest BCUT2D eigenvalue weighted by atomic mass is 32.1. The van der Waals surface area contributed by atoms with Crippen molar-refractivity contribution < 1.29 is 19.1 Å². The molecule has 1 saturated heterocycles. The summed E-state index contributed by atoms with van der Waals surface area (Å²) in [4.78, 5) is 47.4. The van der Waals surface area contributed by atoms with Crippen molar-refractivity contribution in [3.05, 3.63) is 59.1 Å². The van der Waals surface area contributed by atoms with Crippen LogP contribution in [0.3, 0.4) is 0 Å². The van der Waals surface area contributed by atoms with Gasteiger partial charge in [-0.15, -0.1) is 11.3 Å². The molecule has 3 heterocycles. The Morgan fingerprint density at radius 2 is 1.97 bits per heavy atom. The van der Waals surface area contributed by atoms with Gasteiger partial charge >= 0.3 is 6.09 Å². The van der Waals surface area contributed by atoms with E-state index in [1.54, 1.807) is 43.2 Å². The minimum Gasteiger partial charge on any atom is -0.444 e. The van der Waals surface area contributed by atoms with E-state index >= 15 is 0 Å². The van der Waals surface area contributed by atoms with Gasteiger partial charge in [0, 0.05) is 34.2 Å². The van der Waals surface area contributed by atoms with Crippen LogP contribution in [0, 0.1) is 0 Å². The molecule has 0 saturated carbocycles. The van der Waals surface area contributed by atoms with Gasteiger partial charge < -0.3 is 20.7 Å². The Kier molecular flexibility index (Phi) is 7.97. The van der Waals surface area contributed by atoms with Crippen molar-refractivity contribution in [3.63, 3.8) is 0 Å². The summed E-state index contributed by atoms with van der Waals surface area (Å²) < 4.78 is 6.56. The Balaban J connectivity index is 1.41. The molecule has 9 nitrogen and oxygen atoms in total. The molecule has 10 heteroatoms. The summed E-state index contributed by atoms with van der Waals surface area (Å²) in [7, 11) is 0.